The summed E-state index contributed by atoms with van der Waals surface area (Å²) in [7, 11) is 0. The minimum atomic E-state index is -0.220. The van der Waals surface area contributed by atoms with Crippen molar-refractivity contribution in [1.82, 2.24) is 10.2 Å². The molecule has 1 aromatic carbocycles. The summed E-state index contributed by atoms with van der Waals surface area (Å²) in [5, 5.41) is 3.73. The van der Waals surface area contributed by atoms with Crippen LogP contribution in [0, 0.1) is 5.92 Å². The minimum absolute atomic E-state index is 0.0139. The van der Waals surface area contributed by atoms with Crippen molar-refractivity contribution in [2.75, 3.05) is 19.6 Å². The van der Waals surface area contributed by atoms with Crippen LogP contribution in [-0.2, 0) is 16.0 Å². The molecule has 1 fully saturated rings. The van der Waals surface area contributed by atoms with Crippen molar-refractivity contribution >= 4 is 23.4 Å². The molecule has 1 unspecified atom stereocenters. The molecule has 0 bridgehead atoms. The monoisotopic (exact) mass is 374 g/mol. The molecule has 0 saturated carbocycles. The molecule has 2 aliphatic rings. The molecule has 3 rings (SSSR count). The van der Waals surface area contributed by atoms with Gasteiger partial charge in [-0.25, -0.2) is 0 Å². The van der Waals surface area contributed by atoms with Crippen LogP contribution in [0.3, 0.4) is 0 Å². The summed E-state index contributed by atoms with van der Waals surface area (Å²) in [6.45, 7) is 1.83. The first-order valence-electron chi connectivity index (χ1n) is 9.59. The van der Waals surface area contributed by atoms with E-state index in [1.807, 2.05) is 24.3 Å². The van der Waals surface area contributed by atoms with E-state index < -0.39 is 0 Å². The normalized spacial score (nSPS) is 20.2. The molecule has 1 aliphatic heterocycles. The summed E-state index contributed by atoms with van der Waals surface area (Å²) in [6.07, 6.45) is 9.21. The number of nitrogens with one attached hydrogen (secondary N) is 1. The van der Waals surface area contributed by atoms with E-state index in [2.05, 4.69) is 11.4 Å². The maximum absolute atomic E-state index is 12.4. The van der Waals surface area contributed by atoms with Crippen LogP contribution in [0.15, 0.2) is 35.9 Å². The van der Waals surface area contributed by atoms with Gasteiger partial charge in [0.05, 0.1) is 5.92 Å². The fourth-order valence-electron chi connectivity index (χ4n) is 3.74. The lowest BCUT2D eigenvalue weighted by atomic mass is 9.97. The topological polar surface area (TPSA) is 49.4 Å². The van der Waals surface area contributed by atoms with Gasteiger partial charge < -0.3 is 10.2 Å². The predicted molar refractivity (Wildman–Crippen MR) is 104 cm³/mol. The zero-order valence-corrected chi connectivity index (χ0v) is 15.9. The highest BCUT2D eigenvalue weighted by molar-refractivity contribution is 6.30. The van der Waals surface area contributed by atoms with Crippen LogP contribution in [-0.4, -0.2) is 36.3 Å². The number of allylic oxidation sites excluding steroid dienone is 1. The van der Waals surface area contributed by atoms with E-state index in [0.29, 0.717) is 31.1 Å². The van der Waals surface area contributed by atoms with E-state index in [-0.39, 0.29) is 17.7 Å². The van der Waals surface area contributed by atoms with E-state index in [4.69, 9.17) is 11.6 Å². The Morgan fingerprint density at radius 1 is 1.27 bits per heavy atom. The Kier molecular flexibility index (Phi) is 6.73. The lowest BCUT2D eigenvalue weighted by molar-refractivity contribution is -0.129. The Morgan fingerprint density at radius 2 is 2.15 bits per heavy atom. The Morgan fingerprint density at radius 3 is 2.92 bits per heavy atom. The van der Waals surface area contributed by atoms with Crippen LogP contribution in [0.5, 0.6) is 0 Å². The molecular formula is C21H27ClN2O2. The molecule has 1 aliphatic carbocycles. The second kappa shape index (κ2) is 9.22. The average Bonchev–Trinajstić information content (AvgIpc) is 3.02. The molecular weight excluding hydrogens is 348 g/mol. The van der Waals surface area contributed by atoms with Crippen LogP contribution in [0.4, 0.5) is 0 Å². The Labute approximate surface area is 160 Å². The summed E-state index contributed by atoms with van der Waals surface area (Å²) in [6, 6.07) is 7.69. The number of hydrogen-bond donors (Lipinski definition) is 1. The molecule has 1 saturated heterocycles. The van der Waals surface area contributed by atoms with Crippen molar-refractivity contribution in [2.24, 2.45) is 5.92 Å². The molecule has 1 atom stereocenters. The second-order valence-electron chi connectivity index (χ2n) is 7.27. The first-order valence-corrected chi connectivity index (χ1v) is 9.97. The Balaban J connectivity index is 1.41. The van der Waals surface area contributed by atoms with Gasteiger partial charge >= 0.3 is 0 Å². The quantitative estimate of drug-likeness (QED) is 0.739. The van der Waals surface area contributed by atoms with E-state index in [9.17, 15) is 9.59 Å². The molecule has 5 heteroatoms. The van der Waals surface area contributed by atoms with Crippen molar-refractivity contribution in [3.63, 3.8) is 0 Å². The Hall–Kier alpha value is -1.81. The van der Waals surface area contributed by atoms with Crippen LogP contribution in [0.25, 0.3) is 0 Å². The first-order chi connectivity index (χ1) is 12.6. The van der Waals surface area contributed by atoms with E-state index in [0.717, 1.165) is 24.8 Å². The Bertz CT molecular complexity index is 686. The van der Waals surface area contributed by atoms with Crippen LogP contribution in [0.2, 0.25) is 5.02 Å². The summed E-state index contributed by atoms with van der Waals surface area (Å²) < 4.78 is 0. The van der Waals surface area contributed by atoms with Gasteiger partial charge in [0.1, 0.15) is 0 Å². The molecule has 2 amide bonds. The van der Waals surface area contributed by atoms with Gasteiger partial charge in [0, 0.05) is 31.1 Å². The zero-order valence-electron chi connectivity index (χ0n) is 15.2. The molecule has 1 N–H and O–H groups in total. The molecule has 26 heavy (non-hydrogen) atoms. The van der Waals surface area contributed by atoms with Crippen molar-refractivity contribution in [3.05, 3.63) is 46.5 Å². The van der Waals surface area contributed by atoms with Gasteiger partial charge in [-0.15, -0.1) is 0 Å². The van der Waals surface area contributed by atoms with Gasteiger partial charge in [-0.3, -0.25) is 9.59 Å². The number of carbonyl (C=O) groups is 2. The highest BCUT2D eigenvalue weighted by Crippen LogP contribution is 2.21. The fraction of sp³-hybridized carbons (Fsp3) is 0.524. The number of likely N-dealkylation sites (tertiary alicyclic amines) is 1. The van der Waals surface area contributed by atoms with E-state index >= 15 is 0 Å². The summed E-state index contributed by atoms with van der Waals surface area (Å²) in [5.74, 6) is -0.135. The van der Waals surface area contributed by atoms with Crippen molar-refractivity contribution in [2.45, 2.75) is 44.9 Å². The van der Waals surface area contributed by atoms with Gasteiger partial charge in [-0.1, -0.05) is 35.4 Å². The van der Waals surface area contributed by atoms with Crippen LogP contribution >= 0.6 is 11.6 Å². The third-order valence-electron chi connectivity index (χ3n) is 5.28. The lowest BCUT2D eigenvalue weighted by Crippen LogP contribution is -2.34. The van der Waals surface area contributed by atoms with Gasteiger partial charge in [-0.05, 0) is 56.2 Å². The van der Waals surface area contributed by atoms with Crippen molar-refractivity contribution in [3.8, 4) is 0 Å². The minimum Gasteiger partial charge on any atom is -0.355 e. The van der Waals surface area contributed by atoms with Gasteiger partial charge in [0.15, 0.2) is 0 Å². The van der Waals surface area contributed by atoms with Crippen molar-refractivity contribution < 1.29 is 9.59 Å². The molecule has 4 nitrogen and oxygen atoms in total. The third kappa shape index (κ3) is 5.34. The largest absolute Gasteiger partial charge is 0.355 e. The maximum atomic E-state index is 12.4. The third-order valence-corrected chi connectivity index (χ3v) is 5.51. The highest BCUT2D eigenvalue weighted by Gasteiger charge is 2.33. The fourth-order valence-corrected chi connectivity index (χ4v) is 3.96. The van der Waals surface area contributed by atoms with Gasteiger partial charge in [0.2, 0.25) is 11.8 Å². The molecule has 140 valence electrons. The zero-order chi connectivity index (χ0) is 18.4. The molecule has 1 heterocycles. The predicted octanol–water partition coefficient (Wildman–Crippen LogP) is 3.74. The lowest BCUT2D eigenvalue weighted by Gasteiger charge is -2.17. The number of carbonyl (C=O) groups excluding carboxylic acids is 2. The number of rotatable bonds is 7. The molecule has 0 aromatic heterocycles. The molecule has 0 radical (unpaired) electrons. The number of amides is 2. The van der Waals surface area contributed by atoms with Gasteiger partial charge in [-0.2, -0.15) is 0 Å². The summed E-state index contributed by atoms with van der Waals surface area (Å²) in [5.41, 5.74) is 2.57. The molecule has 1 aromatic rings. The smallest absolute Gasteiger partial charge is 0.225 e. The van der Waals surface area contributed by atoms with Crippen LogP contribution in [0.1, 0.15) is 44.1 Å². The van der Waals surface area contributed by atoms with E-state index in [1.54, 1.807) is 4.90 Å². The number of benzene rings is 1. The number of hydrogen-bond acceptors (Lipinski definition) is 2. The highest BCUT2D eigenvalue weighted by atomic mass is 35.5. The second-order valence-corrected chi connectivity index (χ2v) is 7.71. The number of nitrogens with zero attached hydrogens (tertiary/aromatic N) is 1. The number of halogens is 1. The standard InChI is InChI=1S/C21H27ClN2O2/c22-19-8-4-7-17(13-19)10-12-24-15-18(14-20(24)25)21(26)23-11-9-16-5-2-1-3-6-16/h4-5,7-8,13,18H,1-3,6,9-12,14-15H2,(H,23,26). The summed E-state index contributed by atoms with van der Waals surface area (Å²) in [4.78, 5) is 26.4. The van der Waals surface area contributed by atoms with E-state index in [1.165, 1.54) is 24.8 Å². The maximum Gasteiger partial charge on any atom is 0.225 e. The first kappa shape index (κ1) is 19.0. The average molecular weight is 375 g/mol. The van der Waals surface area contributed by atoms with Crippen LogP contribution < -0.4 is 5.32 Å². The summed E-state index contributed by atoms with van der Waals surface area (Å²) >= 11 is 6.00. The SMILES string of the molecule is O=C(NCCC1=CCCCC1)C1CC(=O)N(CCc2cccc(Cl)c2)C1. The molecule has 0 spiro atoms. The van der Waals surface area contributed by atoms with Gasteiger partial charge in [0.25, 0.3) is 0 Å². The van der Waals surface area contributed by atoms with Crippen molar-refractivity contribution in [1.29, 1.82) is 0 Å².